The summed E-state index contributed by atoms with van der Waals surface area (Å²) in [5, 5.41) is 8.05. The predicted molar refractivity (Wildman–Crippen MR) is 92.6 cm³/mol. The first-order chi connectivity index (χ1) is 10.8. The Labute approximate surface area is 135 Å². The summed E-state index contributed by atoms with van der Waals surface area (Å²) in [6.07, 6.45) is 4.05. The van der Waals surface area contributed by atoms with Gasteiger partial charge in [0.15, 0.2) is 5.96 Å². The summed E-state index contributed by atoms with van der Waals surface area (Å²) in [6.45, 7) is 2.95. The van der Waals surface area contributed by atoms with Crippen molar-refractivity contribution >= 4 is 17.3 Å². The van der Waals surface area contributed by atoms with Crippen LogP contribution in [0.25, 0.3) is 0 Å². The van der Waals surface area contributed by atoms with Crippen LogP contribution >= 0.6 is 11.3 Å². The number of hydrogen-bond acceptors (Lipinski definition) is 3. The summed E-state index contributed by atoms with van der Waals surface area (Å²) >= 11 is 1.76. The second-order valence-corrected chi connectivity index (χ2v) is 6.94. The maximum atomic E-state index is 4.38. The van der Waals surface area contributed by atoms with E-state index in [0.717, 1.165) is 18.9 Å². The van der Waals surface area contributed by atoms with Crippen LogP contribution in [0.15, 0.2) is 41.5 Å². The molecule has 1 aliphatic rings. The molecule has 0 amide bonds. The molecule has 3 rings (SSSR count). The molecule has 2 N–H and O–H groups in total. The van der Waals surface area contributed by atoms with Crippen molar-refractivity contribution < 1.29 is 0 Å². The van der Waals surface area contributed by atoms with Crippen LogP contribution < -0.4 is 10.6 Å². The van der Waals surface area contributed by atoms with Crippen LogP contribution in [0.1, 0.15) is 27.8 Å². The van der Waals surface area contributed by atoms with Crippen LogP contribution in [0.4, 0.5) is 0 Å². The molecule has 1 fully saturated rings. The number of rotatable bonds is 5. The van der Waals surface area contributed by atoms with E-state index in [1.54, 1.807) is 11.3 Å². The Kier molecular flexibility index (Phi) is 4.73. The minimum Gasteiger partial charge on any atom is -0.356 e. The van der Waals surface area contributed by atoms with Gasteiger partial charge in [0, 0.05) is 43.0 Å². The summed E-state index contributed by atoms with van der Waals surface area (Å²) in [5.74, 6) is 1.50. The number of nitrogens with one attached hydrogen (secondary N) is 2. The number of guanidine groups is 1. The van der Waals surface area contributed by atoms with E-state index in [1.165, 1.54) is 21.9 Å². The van der Waals surface area contributed by atoms with Gasteiger partial charge in [-0.2, -0.15) is 0 Å². The Hall–Kier alpha value is -1.88. The first-order valence-electron chi connectivity index (χ1n) is 7.69. The van der Waals surface area contributed by atoms with Gasteiger partial charge < -0.3 is 10.6 Å². The third-order valence-corrected chi connectivity index (χ3v) is 4.84. The van der Waals surface area contributed by atoms with Crippen molar-refractivity contribution in [1.29, 1.82) is 0 Å². The van der Waals surface area contributed by atoms with Crippen LogP contribution in [0.2, 0.25) is 0 Å². The summed E-state index contributed by atoms with van der Waals surface area (Å²) in [7, 11) is 1.82. The smallest absolute Gasteiger partial charge is 0.191 e. The summed E-state index contributed by atoms with van der Waals surface area (Å²) in [4.78, 5) is 9.96. The van der Waals surface area contributed by atoms with Crippen molar-refractivity contribution in [3.8, 4) is 0 Å². The molecule has 1 saturated carbocycles. The average Bonchev–Trinajstić information content (AvgIpc) is 3.20. The van der Waals surface area contributed by atoms with Crippen molar-refractivity contribution in [1.82, 2.24) is 15.6 Å². The fourth-order valence-corrected chi connectivity index (χ4v) is 3.38. The number of benzene rings is 1. The molecule has 2 atom stereocenters. The zero-order chi connectivity index (χ0) is 15.4. The van der Waals surface area contributed by atoms with E-state index in [1.807, 2.05) is 13.2 Å². The minimum absolute atomic E-state index is 0.496. The van der Waals surface area contributed by atoms with Crippen molar-refractivity contribution in [2.24, 2.45) is 4.99 Å². The van der Waals surface area contributed by atoms with Crippen LogP contribution in [0.3, 0.4) is 0 Å². The Bertz CT molecular complexity index is 635. The second kappa shape index (κ2) is 6.92. The third kappa shape index (κ3) is 3.85. The number of thiazole rings is 1. The van der Waals surface area contributed by atoms with Gasteiger partial charge in [-0.15, -0.1) is 11.3 Å². The number of hydrogen-bond donors (Lipinski definition) is 2. The topological polar surface area (TPSA) is 49.3 Å². The fraction of sp³-hybridized carbons (Fsp3) is 0.412. The average molecular weight is 314 g/mol. The molecule has 22 heavy (non-hydrogen) atoms. The van der Waals surface area contributed by atoms with Gasteiger partial charge in [0.25, 0.3) is 0 Å². The molecule has 4 nitrogen and oxygen atoms in total. The molecule has 0 radical (unpaired) electrons. The van der Waals surface area contributed by atoms with E-state index in [4.69, 9.17) is 0 Å². The highest BCUT2D eigenvalue weighted by Crippen LogP contribution is 2.40. The van der Waals surface area contributed by atoms with E-state index in [2.05, 4.69) is 57.9 Å². The summed E-state index contributed by atoms with van der Waals surface area (Å²) in [5.41, 5.74) is 1.41. The SMILES string of the molecule is CN=C(NCCc1ncc(C)s1)NC1CC1c1ccccc1. The molecule has 5 heteroatoms. The largest absolute Gasteiger partial charge is 0.356 e. The van der Waals surface area contributed by atoms with Gasteiger partial charge in [-0.05, 0) is 18.9 Å². The monoisotopic (exact) mass is 314 g/mol. The molecule has 2 unspecified atom stereocenters. The zero-order valence-electron chi connectivity index (χ0n) is 13.0. The highest BCUT2D eigenvalue weighted by molar-refractivity contribution is 7.11. The van der Waals surface area contributed by atoms with Crippen molar-refractivity contribution in [3.05, 3.63) is 52.0 Å². The maximum absolute atomic E-state index is 4.38. The van der Waals surface area contributed by atoms with Gasteiger partial charge in [0.05, 0.1) is 5.01 Å². The lowest BCUT2D eigenvalue weighted by Gasteiger charge is -2.11. The normalized spacial score (nSPS) is 20.7. The zero-order valence-corrected chi connectivity index (χ0v) is 13.9. The van der Waals surface area contributed by atoms with Crippen LogP contribution in [-0.4, -0.2) is 30.6 Å². The van der Waals surface area contributed by atoms with Gasteiger partial charge in [0.1, 0.15) is 0 Å². The molecule has 0 saturated heterocycles. The number of nitrogens with zero attached hydrogens (tertiary/aromatic N) is 2. The van der Waals surface area contributed by atoms with E-state index in [-0.39, 0.29) is 0 Å². The van der Waals surface area contributed by atoms with Crippen molar-refractivity contribution in [2.45, 2.75) is 31.7 Å². The highest BCUT2D eigenvalue weighted by atomic mass is 32.1. The molecule has 1 aromatic heterocycles. The van der Waals surface area contributed by atoms with Gasteiger partial charge in [-0.1, -0.05) is 30.3 Å². The van der Waals surface area contributed by atoms with Gasteiger partial charge >= 0.3 is 0 Å². The fourth-order valence-electron chi connectivity index (χ4n) is 2.60. The van der Waals surface area contributed by atoms with Crippen molar-refractivity contribution in [2.75, 3.05) is 13.6 Å². The number of aromatic nitrogens is 1. The first kappa shape index (κ1) is 15.0. The summed E-state index contributed by atoms with van der Waals surface area (Å²) < 4.78 is 0. The Morgan fingerprint density at radius 3 is 2.86 bits per heavy atom. The van der Waals surface area contributed by atoms with Crippen molar-refractivity contribution in [3.63, 3.8) is 0 Å². The Morgan fingerprint density at radius 1 is 1.36 bits per heavy atom. The second-order valence-electron chi connectivity index (χ2n) is 5.62. The standard InChI is InChI=1S/C17H22N4S/c1-12-11-20-16(22-12)8-9-19-17(18-2)21-15-10-14(15)13-6-4-3-5-7-13/h3-7,11,14-15H,8-10H2,1-2H3,(H2,18,19,21). The number of aliphatic imine (C=N–C) groups is 1. The van der Waals surface area contributed by atoms with E-state index >= 15 is 0 Å². The molecular formula is C17H22N4S. The Morgan fingerprint density at radius 2 is 2.18 bits per heavy atom. The molecular weight excluding hydrogens is 292 g/mol. The minimum atomic E-state index is 0.496. The third-order valence-electron chi connectivity index (χ3n) is 3.86. The van der Waals surface area contributed by atoms with Crippen LogP contribution in [0.5, 0.6) is 0 Å². The molecule has 116 valence electrons. The summed E-state index contributed by atoms with van der Waals surface area (Å²) in [6, 6.07) is 11.2. The lowest BCUT2D eigenvalue weighted by Crippen LogP contribution is -2.39. The highest BCUT2D eigenvalue weighted by Gasteiger charge is 2.38. The van der Waals surface area contributed by atoms with Gasteiger partial charge in [0.2, 0.25) is 0 Å². The number of aryl methyl sites for hydroxylation is 1. The molecule has 1 heterocycles. The van der Waals surface area contributed by atoms with E-state index in [0.29, 0.717) is 12.0 Å². The van der Waals surface area contributed by atoms with E-state index in [9.17, 15) is 0 Å². The van der Waals surface area contributed by atoms with Crippen LogP contribution in [-0.2, 0) is 6.42 Å². The molecule has 0 aliphatic heterocycles. The lowest BCUT2D eigenvalue weighted by molar-refractivity contribution is 0.778. The molecule has 0 bridgehead atoms. The van der Waals surface area contributed by atoms with Gasteiger partial charge in [-0.3, -0.25) is 4.99 Å². The Balaban J connectivity index is 1.43. The molecule has 1 aromatic carbocycles. The van der Waals surface area contributed by atoms with Crippen LogP contribution in [0, 0.1) is 6.92 Å². The predicted octanol–water partition coefficient (Wildman–Crippen LogP) is 2.72. The molecule has 0 spiro atoms. The first-order valence-corrected chi connectivity index (χ1v) is 8.51. The molecule has 2 aromatic rings. The molecule has 1 aliphatic carbocycles. The van der Waals surface area contributed by atoms with Gasteiger partial charge in [-0.25, -0.2) is 4.98 Å². The maximum Gasteiger partial charge on any atom is 0.191 e. The quantitative estimate of drug-likeness (QED) is 0.659. The lowest BCUT2D eigenvalue weighted by atomic mass is 10.1. The van der Waals surface area contributed by atoms with E-state index < -0.39 is 0 Å².